The molecule has 7 N–H and O–H groups in total. The van der Waals surface area contributed by atoms with Crippen LogP contribution in [0, 0.1) is 0 Å². The fourth-order valence-corrected chi connectivity index (χ4v) is 4.52. The number of Topliss-reactive ketones (excluding diaryl/α,β-unsaturated/α-hetero) is 1. The molecule has 3 rings (SSSR count). The number of nitrogens with zero attached hydrogens (tertiary/aromatic N) is 4. The monoisotopic (exact) mass is 538 g/mol. The molecule has 1 atom stereocenters. The lowest BCUT2D eigenvalue weighted by Crippen LogP contribution is -2.43. The molecule has 0 aliphatic heterocycles. The van der Waals surface area contributed by atoms with Crippen LogP contribution in [-0.2, 0) is 22.5 Å². The highest BCUT2D eigenvalue weighted by molar-refractivity contribution is 6.06. The number of amides is 1. The van der Waals surface area contributed by atoms with Gasteiger partial charge in [-0.25, -0.2) is 14.8 Å². The number of para-hydroxylation sites is 1. The lowest BCUT2D eigenvalue weighted by Gasteiger charge is -2.23. The standard InChI is InChI=1S/C28H42N8O3/c1-5-6-15-22-35-23-24(18-11-7-8-12-19(18)33-25(23)29)36(22)17-10-14-21(37)20(13-9-16-32-26(30)31)34-27(38)39-28(2,3)4/h7-8,11-12,20H,5-6,9-10,13-17H2,1-4H3,(H2,29,33)(H,34,38)(H4,30,31,32)/t20-/m0/s1. The number of ether oxygens (including phenoxy) is 1. The maximum atomic E-state index is 13.3. The van der Waals surface area contributed by atoms with E-state index in [1.807, 2.05) is 24.3 Å². The van der Waals surface area contributed by atoms with Gasteiger partial charge in [-0.05, 0) is 52.5 Å². The molecule has 212 valence electrons. The number of hydrogen-bond acceptors (Lipinski definition) is 7. The average molecular weight is 539 g/mol. The van der Waals surface area contributed by atoms with Gasteiger partial charge in [0, 0.05) is 31.3 Å². The van der Waals surface area contributed by atoms with Crippen LogP contribution >= 0.6 is 0 Å². The molecule has 0 bridgehead atoms. The van der Waals surface area contributed by atoms with Gasteiger partial charge in [-0.15, -0.1) is 0 Å². The number of rotatable bonds is 13. The Balaban J connectivity index is 1.79. The van der Waals surface area contributed by atoms with Crippen molar-refractivity contribution in [2.45, 2.75) is 90.8 Å². The Kier molecular flexibility index (Phi) is 10.1. The lowest BCUT2D eigenvalue weighted by atomic mass is 10.0. The number of carbonyl (C=O) groups excluding carboxylic acids is 2. The number of aromatic nitrogens is 3. The van der Waals surface area contributed by atoms with Gasteiger partial charge >= 0.3 is 6.09 Å². The van der Waals surface area contributed by atoms with Crippen molar-refractivity contribution in [3.05, 3.63) is 30.1 Å². The molecular weight excluding hydrogens is 496 g/mol. The summed E-state index contributed by atoms with van der Waals surface area (Å²) in [5.74, 6) is 1.26. The normalized spacial score (nSPS) is 12.4. The van der Waals surface area contributed by atoms with E-state index in [2.05, 4.69) is 26.8 Å². The van der Waals surface area contributed by atoms with Gasteiger partial charge in [-0.2, -0.15) is 0 Å². The molecule has 1 aromatic carbocycles. The number of pyridine rings is 1. The number of carbonyl (C=O) groups is 2. The number of imidazole rings is 1. The lowest BCUT2D eigenvalue weighted by molar-refractivity contribution is -0.121. The number of aryl methyl sites for hydroxylation is 2. The maximum Gasteiger partial charge on any atom is 0.408 e. The molecule has 0 fully saturated rings. The number of alkyl carbamates (subject to hydrolysis) is 1. The summed E-state index contributed by atoms with van der Waals surface area (Å²) < 4.78 is 7.55. The van der Waals surface area contributed by atoms with Gasteiger partial charge in [0.1, 0.15) is 16.9 Å². The maximum absolute atomic E-state index is 13.3. The van der Waals surface area contributed by atoms with E-state index in [-0.39, 0.29) is 18.2 Å². The first-order chi connectivity index (χ1) is 18.5. The number of anilines is 1. The largest absolute Gasteiger partial charge is 0.444 e. The zero-order valence-corrected chi connectivity index (χ0v) is 23.5. The third-order valence-electron chi connectivity index (χ3n) is 6.27. The Hall–Kier alpha value is -3.89. The van der Waals surface area contributed by atoms with Crippen LogP contribution in [-0.4, -0.2) is 50.6 Å². The Labute approximate surface area is 229 Å². The molecule has 0 unspecified atom stereocenters. The van der Waals surface area contributed by atoms with Crippen LogP contribution in [0.4, 0.5) is 10.6 Å². The summed E-state index contributed by atoms with van der Waals surface area (Å²) in [4.78, 5) is 39.1. The summed E-state index contributed by atoms with van der Waals surface area (Å²) in [6.45, 7) is 8.43. The van der Waals surface area contributed by atoms with Crippen LogP contribution in [0.1, 0.15) is 72.0 Å². The number of guanidine groups is 1. The van der Waals surface area contributed by atoms with Crippen molar-refractivity contribution in [2.75, 3.05) is 12.3 Å². The second-order valence-electron chi connectivity index (χ2n) is 10.7. The van der Waals surface area contributed by atoms with Crippen LogP contribution in [0.25, 0.3) is 21.9 Å². The van der Waals surface area contributed by atoms with E-state index >= 15 is 0 Å². The number of benzene rings is 1. The van der Waals surface area contributed by atoms with Crippen molar-refractivity contribution in [2.24, 2.45) is 16.5 Å². The van der Waals surface area contributed by atoms with Crippen LogP contribution in [0.2, 0.25) is 0 Å². The van der Waals surface area contributed by atoms with Crippen molar-refractivity contribution in [1.29, 1.82) is 0 Å². The zero-order valence-electron chi connectivity index (χ0n) is 23.5. The van der Waals surface area contributed by atoms with Crippen molar-refractivity contribution in [1.82, 2.24) is 19.9 Å². The van der Waals surface area contributed by atoms with E-state index in [9.17, 15) is 9.59 Å². The van der Waals surface area contributed by atoms with Crippen molar-refractivity contribution >= 4 is 45.6 Å². The smallest absolute Gasteiger partial charge is 0.408 e. The third-order valence-corrected chi connectivity index (χ3v) is 6.27. The first-order valence-electron chi connectivity index (χ1n) is 13.6. The second-order valence-corrected chi connectivity index (χ2v) is 10.7. The first-order valence-corrected chi connectivity index (χ1v) is 13.6. The zero-order chi connectivity index (χ0) is 28.6. The number of nitrogen functional groups attached to an aromatic ring is 1. The summed E-state index contributed by atoms with van der Waals surface area (Å²) in [7, 11) is 0. The fourth-order valence-electron chi connectivity index (χ4n) is 4.52. The molecule has 39 heavy (non-hydrogen) atoms. The minimum atomic E-state index is -0.700. The summed E-state index contributed by atoms with van der Waals surface area (Å²) in [6.07, 6.45) is 3.99. The molecule has 11 nitrogen and oxygen atoms in total. The van der Waals surface area contributed by atoms with E-state index in [0.717, 1.165) is 41.5 Å². The topological polar surface area (TPSA) is 177 Å². The van der Waals surface area contributed by atoms with E-state index in [4.69, 9.17) is 26.9 Å². The van der Waals surface area contributed by atoms with Gasteiger partial charge in [0.15, 0.2) is 17.6 Å². The number of nitrogens with one attached hydrogen (secondary N) is 1. The third kappa shape index (κ3) is 8.30. The highest BCUT2D eigenvalue weighted by Crippen LogP contribution is 2.29. The van der Waals surface area contributed by atoms with Crippen LogP contribution in [0.15, 0.2) is 29.3 Å². The number of hydrogen-bond donors (Lipinski definition) is 4. The van der Waals surface area contributed by atoms with Crippen LogP contribution < -0.4 is 22.5 Å². The van der Waals surface area contributed by atoms with Crippen LogP contribution in [0.5, 0.6) is 0 Å². The Bertz CT molecular complexity index is 1320. The van der Waals surface area contributed by atoms with E-state index in [1.165, 1.54) is 0 Å². The van der Waals surface area contributed by atoms with Gasteiger partial charge in [0.05, 0.1) is 17.1 Å². The molecule has 0 spiro atoms. The highest BCUT2D eigenvalue weighted by Gasteiger charge is 2.24. The van der Waals surface area contributed by atoms with Crippen LogP contribution in [0.3, 0.4) is 0 Å². The van der Waals surface area contributed by atoms with Gasteiger partial charge in [0.25, 0.3) is 0 Å². The quantitative estimate of drug-likeness (QED) is 0.144. The molecule has 0 aliphatic carbocycles. The molecule has 0 saturated carbocycles. The van der Waals surface area contributed by atoms with Gasteiger partial charge < -0.3 is 31.8 Å². The number of aliphatic imine (C=N–C) groups is 1. The van der Waals surface area contributed by atoms with E-state index in [1.54, 1.807) is 20.8 Å². The van der Waals surface area contributed by atoms with Gasteiger partial charge in [0.2, 0.25) is 0 Å². The fraction of sp³-hybridized carbons (Fsp3) is 0.536. The Morgan fingerprint density at radius 2 is 1.87 bits per heavy atom. The van der Waals surface area contributed by atoms with E-state index in [0.29, 0.717) is 43.7 Å². The molecule has 11 heteroatoms. The van der Waals surface area contributed by atoms with Crippen molar-refractivity contribution in [3.8, 4) is 0 Å². The number of ketones is 1. The van der Waals surface area contributed by atoms with Crippen molar-refractivity contribution < 1.29 is 14.3 Å². The predicted octanol–water partition coefficient (Wildman–Crippen LogP) is 3.81. The van der Waals surface area contributed by atoms with E-state index < -0.39 is 17.7 Å². The molecule has 0 saturated heterocycles. The number of fused-ring (bicyclic) bond motifs is 3. The Morgan fingerprint density at radius 1 is 1.13 bits per heavy atom. The Morgan fingerprint density at radius 3 is 2.56 bits per heavy atom. The predicted molar refractivity (Wildman–Crippen MR) is 155 cm³/mol. The molecular formula is C28H42N8O3. The molecule has 1 amide bonds. The summed E-state index contributed by atoms with van der Waals surface area (Å²) in [6, 6.07) is 7.17. The summed E-state index contributed by atoms with van der Waals surface area (Å²) >= 11 is 0. The van der Waals surface area contributed by atoms with Gasteiger partial charge in [-0.3, -0.25) is 9.79 Å². The molecule has 2 aromatic heterocycles. The highest BCUT2D eigenvalue weighted by atomic mass is 16.6. The molecule has 3 aromatic rings. The molecule has 2 heterocycles. The van der Waals surface area contributed by atoms with Crippen molar-refractivity contribution in [3.63, 3.8) is 0 Å². The van der Waals surface area contributed by atoms with Gasteiger partial charge in [-0.1, -0.05) is 31.5 Å². The number of unbranched alkanes of at least 4 members (excludes halogenated alkanes) is 1. The minimum absolute atomic E-state index is 0.00669. The summed E-state index contributed by atoms with van der Waals surface area (Å²) in [5.41, 5.74) is 18.9. The summed E-state index contributed by atoms with van der Waals surface area (Å²) in [5, 5.41) is 3.72. The second kappa shape index (κ2) is 13.3. The molecule has 0 aliphatic rings. The first kappa shape index (κ1) is 29.7. The number of nitrogens with two attached hydrogens (primary N) is 3. The average Bonchev–Trinajstić information content (AvgIpc) is 3.22. The minimum Gasteiger partial charge on any atom is -0.444 e. The molecule has 0 radical (unpaired) electrons. The SMILES string of the molecule is CCCCc1nc2c(N)nc3ccccc3c2n1CCCC(=O)[C@H](CCCN=C(N)N)NC(=O)OC(C)(C)C.